The molecule has 1 aromatic carbocycles. The largest absolute Gasteiger partial charge is 0.399 e. The smallest absolute Gasteiger partial charge is 0.130 e. The van der Waals surface area contributed by atoms with E-state index in [1.165, 1.54) is 6.07 Å². The summed E-state index contributed by atoms with van der Waals surface area (Å²) in [4.78, 5) is 0. The van der Waals surface area contributed by atoms with Gasteiger partial charge in [-0.25, -0.2) is 4.39 Å². The maximum atomic E-state index is 13.2. The monoisotopic (exact) mass is 197 g/mol. The summed E-state index contributed by atoms with van der Waals surface area (Å²) < 4.78 is 18.5. The van der Waals surface area contributed by atoms with Gasteiger partial charge in [0.25, 0.3) is 0 Å². The molecule has 0 saturated heterocycles. The molecule has 2 nitrogen and oxygen atoms in total. The van der Waals surface area contributed by atoms with Crippen LogP contribution in [0, 0.1) is 5.82 Å². The van der Waals surface area contributed by atoms with Gasteiger partial charge in [-0.2, -0.15) is 0 Å². The van der Waals surface area contributed by atoms with Gasteiger partial charge < -0.3 is 10.5 Å². The van der Waals surface area contributed by atoms with Gasteiger partial charge >= 0.3 is 0 Å². The van der Waals surface area contributed by atoms with Crippen LogP contribution >= 0.6 is 0 Å². The Hall–Kier alpha value is -1.09. The second-order valence-electron chi connectivity index (χ2n) is 3.26. The van der Waals surface area contributed by atoms with E-state index < -0.39 is 0 Å². The summed E-state index contributed by atoms with van der Waals surface area (Å²) >= 11 is 0. The highest BCUT2D eigenvalue weighted by Crippen LogP contribution is 2.12. The quantitative estimate of drug-likeness (QED) is 0.582. The van der Waals surface area contributed by atoms with Gasteiger partial charge in [-0.1, -0.05) is 19.4 Å². The Kier molecular flexibility index (Phi) is 4.40. The molecule has 0 unspecified atom stereocenters. The summed E-state index contributed by atoms with van der Waals surface area (Å²) in [6.45, 7) is 3.10. The molecule has 3 heteroatoms. The Balaban J connectivity index is 2.42. The lowest BCUT2D eigenvalue weighted by Gasteiger charge is -2.05. The van der Waals surface area contributed by atoms with Crippen molar-refractivity contribution in [2.45, 2.75) is 26.4 Å². The zero-order valence-corrected chi connectivity index (χ0v) is 8.42. The Labute approximate surface area is 83.9 Å². The van der Waals surface area contributed by atoms with Crippen LogP contribution in [0.4, 0.5) is 10.1 Å². The van der Waals surface area contributed by atoms with Crippen molar-refractivity contribution >= 4 is 5.69 Å². The molecule has 2 N–H and O–H groups in total. The molecule has 0 aliphatic carbocycles. The van der Waals surface area contributed by atoms with Crippen LogP contribution < -0.4 is 5.73 Å². The highest BCUT2D eigenvalue weighted by atomic mass is 19.1. The van der Waals surface area contributed by atoms with E-state index in [4.69, 9.17) is 10.5 Å². The number of nitrogens with two attached hydrogens (primary N) is 1. The molecule has 0 aliphatic heterocycles. The molecule has 0 heterocycles. The number of hydrogen-bond acceptors (Lipinski definition) is 2. The summed E-state index contributed by atoms with van der Waals surface area (Å²) in [6.07, 6.45) is 2.10. The van der Waals surface area contributed by atoms with E-state index in [9.17, 15) is 4.39 Å². The van der Waals surface area contributed by atoms with Crippen LogP contribution in [0.1, 0.15) is 25.3 Å². The number of unbranched alkanes of at least 4 members (excludes halogenated alkanes) is 1. The van der Waals surface area contributed by atoms with Crippen molar-refractivity contribution in [2.75, 3.05) is 12.3 Å². The van der Waals surface area contributed by atoms with Crippen LogP contribution in [0.3, 0.4) is 0 Å². The van der Waals surface area contributed by atoms with Gasteiger partial charge in [0.15, 0.2) is 0 Å². The molecule has 1 aromatic rings. The standard InChI is InChI=1S/C11H16FNO/c1-2-3-6-14-8-9-4-5-10(13)7-11(9)12/h4-5,7H,2-3,6,8,13H2,1H3. The Morgan fingerprint density at radius 1 is 1.43 bits per heavy atom. The van der Waals surface area contributed by atoms with E-state index >= 15 is 0 Å². The summed E-state index contributed by atoms with van der Waals surface area (Å²) in [6, 6.07) is 4.66. The van der Waals surface area contributed by atoms with Crippen LogP contribution in [-0.2, 0) is 11.3 Å². The van der Waals surface area contributed by atoms with Crippen molar-refractivity contribution in [3.63, 3.8) is 0 Å². The Bertz CT molecular complexity index is 289. The number of hydrogen-bond donors (Lipinski definition) is 1. The average Bonchev–Trinajstić information content (AvgIpc) is 2.15. The number of ether oxygens (including phenoxy) is 1. The van der Waals surface area contributed by atoms with Gasteiger partial charge in [-0.15, -0.1) is 0 Å². The molecule has 0 aliphatic rings. The summed E-state index contributed by atoms with van der Waals surface area (Å²) in [5.41, 5.74) is 6.43. The number of nitrogen functional groups attached to an aromatic ring is 1. The van der Waals surface area contributed by atoms with Gasteiger partial charge in [0, 0.05) is 17.9 Å². The summed E-state index contributed by atoms with van der Waals surface area (Å²) in [5.74, 6) is -0.290. The number of benzene rings is 1. The molecule has 0 bridgehead atoms. The molecule has 0 amide bonds. The van der Waals surface area contributed by atoms with Crippen molar-refractivity contribution in [3.05, 3.63) is 29.6 Å². The highest BCUT2D eigenvalue weighted by Gasteiger charge is 2.01. The molecule has 0 spiro atoms. The van der Waals surface area contributed by atoms with E-state index in [-0.39, 0.29) is 5.82 Å². The Morgan fingerprint density at radius 3 is 2.86 bits per heavy atom. The van der Waals surface area contributed by atoms with Crippen LogP contribution in [-0.4, -0.2) is 6.61 Å². The second-order valence-corrected chi connectivity index (χ2v) is 3.26. The molecule has 78 valence electrons. The molecule has 0 atom stereocenters. The van der Waals surface area contributed by atoms with E-state index in [1.807, 2.05) is 0 Å². The predicted octanol–water partition coefficient (Wildman–Crippen LogP) is 2.72. The first-order valence-corrected chi connectivity index (χ1v) is 4.85. The van der Waals surface area contributed by atoms with Crippen molar-refractivity contribution in [1.82, 2.24) is 0 Å². The molecule has 0 radical (unpaired) electrons. The lowest BCUT2D eigenvalue weighted by Crippen LogP contribution is -1.98. The van der Waals surface area contributed by atoms with E-state index in [2.05, 4.69) is 6.92 Å². The van der Waals surface area contributed by atoms with Crippen molar-refractivity contribution in [2.24, 2.45) is 0 Å². The fraction of sp³-hybridized carbons (Fsp3) is 0.455. The van der Waals surface area contributed by atoms with Gasteiger partial charge in [0.2, 0.25) is 0 Å². The van der Waals surface area contributed by atoms with Gasteiger partial charge in [0.1, 0.15) is 5.82 Å². The fourth-order valence-electron chi connectivity index (χ4n) is 1.11. The minimum absolute atomic E-state index is 0.290. The van der Waals surface area contributed by atoms with Gasteiger partial charge in [0.05, 0.1) is 6.61 Å². The normalized spacial score (nSPS) is 10.4. The molecular weight excluding hydrogens is 181 g/mol. The third-order valence-corrected chi connectivity index (χ3v) is 1.98. The molecule has 14 heavy (non-hydrogen) atoms. The SMILES string of the molecule is CCCCOCc1ccc(N)cc1F. The number of rotatable bonds is 5. The molecule has 1 rings (SSSR count). The first-order chi connectivity index (χ1) is 6.74. The molecular formula is C11H16FNO. The number of halogens is 1. The second kappa shape index (κ2) is 5.60. The first-order valence-electron chi connectivity index (χ1n) is 4.85. The topological polar surface area (TPSA) is 35.2 Å². The third-order valence-electron chi connectivity index (χ3n) is 1.98. The van der Waals surface area contributed by atoms with E-state index in [0.717, 1.165) is 12.8 Å². The van der Waals surface area contributed by atoms with Crippen LogP contribution in [0.5, 0.6) is 0 Å². The van der Waals surface area contributed by atoms with E-state index in [0.29, 0.717) is 24.5 Å². The minimum Gasteiger partial charge on any atom is -0.399 e. The number of anilines is 1. The van der Waals surface area contributed by atoms with E-state index in [1.54, 1.807) is 12.1 Å². The zero-order valence-electron chi connectivity index (χ0n) is 8.42. The average molecular weight is 197 g/mol. The van der Waals surface area contributed by atoms with Gasteiger partial charge in [-0.05, 0) is 18.6 Å². The van der Waals surface area contributed by atoms with Crippen LogP contribution in [0.2, 0.25) is 0 Å². The summed E-state index contributed by atoms with van der Waals surface area (Å²) in [5, 5.41) is 0. The molecule has 0 fully saturated rings. The lowest BCUT2D eigenvalue weighted by atomic mass is 10.2. The fourth-order valence-corrected chi connectivity index (χ4v) is 1.11. The van der Waals surface area contributed by atoms with Crippen LogP contribution in [0.25, 0.3) is 0 Å². The van der Waals surface area contributed by atoms with Crippen molar-refractivity contribution < 1.29 is 9.13 Å². The lowest BCUT2D eigenvalue weighted by molar-refractivity contribution is 0.116. The molecule has 0 saturated carbocycles. The first kappa shape index (κ1) is 11.0. The predicted molar refractivity (Wildman–Crippen MR) is 55.4 cm³/mol. The third kappa shape index (κ3) is 3.34. The van der Waals surface area contributed by atoms with Crippen molar-refractivity contribution in [1.29, 1.82) is 0 Å². The maximum absolute atomic E-state index is 13.2. The molecule has 0 aromatic heterocycles. The minimum atomic E-state index is -0.290. The van der Waals surface area contributed by atoms with Gasteiger partial charge in [-0.3, -0.25) is 0 Å². The highest BCUT2D eigenvalue weighted by molar-refractivity contribution is 5.40. The maximum Gasteiger partial charge on any atom is 0.130 e. The zero-order chi connectivity index (χ0) is 10.4. The summed E-state index contributed by atoms with van der Waals surface area (Å²) in [7, 11) is 0. The Morgan fingerprint density at radius 2 is 2.21 bits per heavy atom. The van der Waals surface area contributed by atoms with Crippen LogP contribution in [0.15, 0.2) is 18.2 Å². The van der Waals surface area contributed by atoms with Crippen molar-refractivity contribution in [3.8, 4) is 0 Å².